The van der Waals surface area contributed by atoms with E-state index in [1.54, 1.807) is 0 Å². The Morgan fingerprint density at radius 2 is 2.23 bits per heavy atom. The molecule has 3 rings (SSSR count). The minimum absolute atomic E-state index is 0.0704. The van der Waals surface area contributed by atoms with E-state index in [4.69, 9.17) is 5.26 Å². The van der Waals surface area contributed by atoms with Crippen molar-refractivity contribution in [3.05, 3.63) is 36.0 Å². The fraction of sp³-hybridized carbons (Fsp3) is 0.412. The van der Waals surface area contributed by atoms with Gasteiger partial charge in [-0.1, -0.05) is 18.2 Å². The number of carbonyl (C=O) groups is 1. The van der Waals surface area contributed by atoms with E-state index in [0.717, 1.165) is 23.9 Å². The highest BCUT2D eigenvalue weighted by atomic mass is 16.3. The summed E-state index contributed by atoms with van der Waals surface area (Å²) in [5.74, 6) is 0.0704. The second-order valence-corrected chi connectivity index (χ2v) is 5.76. The summed E-state index contributed by atoms with van der Waals surface area (Å²) in [7, 11) is 0. The Morgan fingerprint density at radius 1 is 1.41 bits per heavy atom. The maximum Gasteiger partial charge on any atom is 0.178 e. The maximum absolute atomic E-state index is 12.6. The first-order valence-electron chi connectivity index (χ1n) is 7.57. The third kappa shape index (κ3) is 2.89. The van der Waals surface area contributed by atoms with Crippen molar-refractivity contribution in [3.63, 3.8) is 0 Å². The molecule has 0 spiro atoms. The van der Waals surface area contributed by atoms with Crippen LogP contribution in [0, 0.1) is 11.3 Å². The van der Waals surface area contributed by atoms with Crippen molar-refractivity contribution in [2.24, 2.45) is 0 Å². The Morgan fingerprint density at radius 3 is 2.95 bits per heavy atom. The number of likely N-dealkylation sites (tertiary alicyclic amines) is 1. The summed E-state index contributed by atoms with van der Waals surface area (Å²) in [5, 5.41) is 19.3. The third-order valence-corrected chi connectivity index (χ3v) is 4.17. The average molecular weight is 297 g/mol. The molecule has 0 aliphatic carbocycles. The van der Waals surface area contributed by atoms with Crippen LogP contribution in [0.4, 0.5) is 0 Å². The van der Waals surface area contributed by atoms with Gasteiger partial charge < -0.3 is 9.67 Å². The number of rotatable bonds is 5. The Kier molecular flexibility index (Phi) is 4.23. The zero-order chi connectivity index (χ0) is 15.5. The summed E-state index contributed by atoms with van der Waals surface area (Å²) >= 11 is 0. The number of nitriles is 1. The van der Waals surface area contributed by atoms with Crippen molar-refractivity contribution in [2.75, 3.05) is 19.6 Å². The first-order chi connectivity index (χ1) is 10.7. The molecule has 114 valence electrons. The van der Waals surface area contributed by atoms with Crippen LogP contribution in [0.25, 0.3) is 10.9 Å². The van der Waals surface area contributed by atoms with Crippen molar-refractivity contribution >= 4 is 16.7 Å². The number of aryl methyl sites for hydroxylation is 1. The largest absolute Gasteiger partial charge is 0.392 e. The van der Waals surface area contributed by atoms with Gasteiger partial charge in [0.05, 0.1) is 25.1 Å². The summed E-state index contributed by atoms with van der Waals surface area (Å²) in [5.41, 5.74) is 1.69. The molecule has 0 bridgehead atoms. The predicted octanol–water partition coefficient (Wildman–Crippen LogP) is 1.80. The summed E-state index contributed by atoms with van der Waals surface area (Å²) < 4.78 is 1.98. The van der Waals surface area contributed by atoms with Gasteiger partial charge in [0.25, 0.3) is 0 Å². The van der Waals surface area contributed by atoms with Gasteiger partial charge in [-0.25, -0.2) is 0 Å². The predicted molar refractivity (Wildman–Crippen MR) is 83.6 cm³/mol. The molecule has 1 fully saturated rings. The molecule has 1 aliphatic heterocycles. The lowest BCUT2D eigenvalue weighted by Crippen LogP contribution is -2.28. The van der Waals surface area contributed by atoms with Crippen LogP contribution < -0.4 is 0 Å². The van der Waals surface area contributed by atoms with Crippen LogP contribution in [0.5, 0.6) is 0 Å². The molecule has 2 heterocycles. The maximum atomic E-state index is 12.6. The fourth-order valence-electron chi connectivity index (χ4n) is 3.07. The number of aromatic nitrogens is 1. The van der Waals surface area contributed by atoms with Crippen molar-refractivity contribution in [1.29, 1.82) is 5.26 Å². The van der Waals surface area contributed by atoms with Gasteiger partial charge in [-0.05, 0) is 12.5 Å². The lowest BCUT2D eigenvalue weighted by Gasteiger charge is -2.13. The smallest absolute Gasteiger partial charge is 0.178 e. The summed E-state index contributed by atoms with van der Waals surface area (Å²) in [6, 6.07) is 9.93. The van der Waals surface area contributed by atoms with E-state index in [2.05, 4.69) is 6.07 Å². The van der Waals surface area contributed by atoms with Gasteiger partial charge in [0.2, 0.25) is 0 Å². The zero-order valence-electron chi connectivity index (χ0n) is 12.4. The molecule has 5 heteroatoms. The number of benzene rings is 1. The number of ketones is 1. The third-order valence-electron chi connectivity index (χ3n) is 4.17. The van der Waals surface area contributed by atoms with E-state index >= 15 is 0 Å². The first-order valence-corrected chi connectivity index (χ1v) is 7.57. The van der Waals surface area contributed by atoms with Crippen LogP contribution in [0.1, 0.15) is 23.2 Å². The molecule has 1 N–H and O–H groups in total. The molecular weight excluding hydrogens is 278 g/mol. The van der Waals surface area contributed by atoms with Crippen molar-refractivity contribution < 1.29 is 9.90 Å². The second kappa shape index (κ2) is 6.30. The second-order valence-electron chi connectivity index (χ2n) is 5.76. The highest BCUT2D eigenvalue weighted by molar-refractivity contribution is 6.09. The SMILES string of the molecule is N#CCCn1cc(C(=O)CN2CC[C@H](O)C2)c2ccccc21. The minimum atomic E-state index is -0.315. The number of hydrogen-bond acceptors (Lipinski definition) is 4. The Bertz CT molecular complexity index is 729. The molecule has 0 radical (unpaired) electrons. The number of Topliss-reactive ketones (excluding diaryl/α,β-unsaturated/α-hetero) is 1. The average Bonchev–Trinajstić information content (AvgIpc) is 3.09. The van der Waals surface area contributed by atoms with Gasteiger partial charge >= 0.3 is 0 Å². The standard InChI is InChI=1S/C17H19N3O2/c18-7-3-8-20-11-15(14-4-1-2-5-16(14)20)17(22)12-19-9-6-13(21)10-19/h1-2,4-5,11,13,21H,3,6,8-10,12H2/t13-/m0/s1. The Balaban J connectivity index is 1.86. The molecule has 0 saturated carbocycles. The zero-order valence-corrected chi connectivity index (χ0v) is 12.4. The van der Waals surface area contributed by atoms with Crippen LogP contribution in [0.2, 0.25) is 0 Å². The molecule has 0 amide bonds. The molecule has 0 unspecified atom stereocenters. The van der Waals surface area contributed by atoms with E-state index in [1.807, 2.05) is 39.9 Å². The molecule has 1 aliphatic rings. The van der Waals surface area contributed by atoms with Crippen LogP contribution >= 0.6 is 0 Å². The molecular formula is C17H19N3O2. The number of carbonyl (C=O) groups excluding carboxylic acids is 1. The minimum Gasteiger partial charge on any atom is -0.392 e. The van der Waals surface area contributed by atoms with Gasteiger partial charge in [0.1, 0.15) is 0 Å². The number of aliphatic hydroxyl groups excluding tert-OH is 1. The number of fused-ring (bicyclic) bond motifs is 1. The van der Waals surface area contributed by atoms with Crippen molar-refractivity contribution in [1.82, 2.24) is 9.47 Å². The lowest BCUT2D eigenvalue weighted by atomic mass is 10.1. The number of aliphatic hydroxyl groups is 1. The van der Waals surface area contributed by atoms with Crippen LogP contribution in [-0.2, 0) is 6.54 Å². The normalized spacial score (nSPS) is 18.6. The summed E-state index contributed by atoms with van der Waals surface area (Å²) in [6.07, 6.45) is 2.70. The Labute approximate surface area is 129 Å². The van der Waals surface area contributed by atoms with E-state index in [-0.39, 0.29) is 11.9 Å². The van der Waals surface area contributed by atoms with Gasteiger partial charge in [0.15, 0.2) is 5.78 Å². The van der Waals surface area contributed by atoms with Gasteiger partial charge in [-0.2, -0.15) is 5.26 Å². The number of nitrogens with zero attached hydrogens (tertiary/aromatic N) is 3. The molecule has 22 heavy (non-hydrogen) atoms. The van der Waals surface area contributed by atoms with E-state index < -0.39 is 0 Å². The van der Waals surface area contributed by atoms with Gasteiger partial charge in [0, 0.05) is 42.3 Å². The topological polar surface area (TPSA) is 69.3 Å². The highest BCUT2D eigenvalue weighted by Crippen LogP contribution is 2.23. The number of β-amino-alcohol motifs (C(OH)–C–C–N with tert-alkyl or cyclic N) is 1. The van der Waals surface area contributed by atoms with Gasteiger partial charge in [-0.15, -0.1) is 0 Å². The molecule has 2 aromatic rings. The molecule has 5 nitrogen and oxygen atoms in total. The van der Waals surface area contributed by atoms with Crippen molar-refractivity contribution in [3.8, 4) is 6.07 Å². The van der Waals surface area contributed by atoms with Crippen LogP contribution in [0.3, 0.4) is 0 Å². The van der Waals surface area contributed by atoms with Crippen LogP contribution in [0.15, 0.2) is 30.5 Å². The summed E-state index contributed by atoms with van der Waals surface area (Å²) in [6.45, 7) is 2.26. The highest BCUT2D eigenvalue weighted by Gasteiger charge is 2.24. The van der Waals surface area contributed by atoms with Crippen molar-refractivity contribution in [2.45, 2.75) is 25.5 Å². The molecule has 1 atom stereocenters. The molecule has 1 aromatic heterocycles. The van der Waals surface area contributed by atoms with E-state index in [1.165, 1.54) is 0 Å². The molecule has 1 aromatic carbocycles. The van der Waals surface area contributed by atoms with Crippen LogP contribution in [-0.4, -0.2) is 46.1 Å². The molecule has 1 saturated heterocycles. The van der Waals surface area contributed by atoms with E-state index in [0.29, 0.717) is 31.6 Å². The number of hydrogen-bond donors (Lipinski definition) is 1. The monoisotopic (exact) mass is 297 g/mol. The summed E-state index contributed by atoms with van der Waals surface area (Å²) in [4.78, 5) is 14.6. The quantitative estimate of drug-likeness (QED) is 0.855. The first kappa shape index (κ1) is 14.8. The Hall–Kier alpha value is -2.16. The van der Waals surface area contributed by atoms with E-state index in [9.17, 15) is 9.90 Å². The fourth-order valence-corrected chi connectivity index (χ4v) is 3.07. The lowest BCUT2D eigenvalue weighted by molar-refractivity contribution is 0.0936. The van der Waals surface area contributed by atoms with Gasteiger partial charge in [-0.3, -0.25) is 9.69 Å². The number of para-hydroxylation sites is 1.